The lowest BCUT2D eigenvalue weighted by Gasteiger charge is -2.23. The molecular weight excluding hydrogens is 323 g/mol. The molecule has 0 saturated carbocycles. The normalized spacial score (nSPS) is 20.1. The van der Waals surface area contributed by atoms with Crippen LogP contribution in [0.3, 0.4) is 0 Å². The third-order valence-corrected chi connectivity index (χ3v) is 4.52. The van der Waals surface area contributed by atoms with Gasteiger partial charge in [0.1, 0.15) is 0 Å². The van der Waals surface area contributed by atoms with E-state index < -0.39 is 6.10 Å². The standard InChI is InChI=1S/C16H22Cl2N2O2/c1-2-20-5-3-4-14(20)10-19-16(22)9-15(21)11-6-12(17)8-13(18)7-11/h6-8,14-15,21H,2-5,9-10H2,1H3,(H,19,22). The molecule has 1 amide bonds. The second-order valence-electron chi connectivity index (χ2n) is 5.65. The predicted octanol–water partition coefficient (Wildman–Crippen LogP) is 3.02. The maximum Gasteiger partial charge on any atom is 0.223 e. The molecule has 22 heavy (non-hydrogen) atoms. The zero-order valence-corrected chi connectivity index (χ0v) is 14.2. The number of rotatable bonds is 6. The van der Waals surface area contributed by atoms with Crippen LogP contribution in [0.4, 0.5) is 0 Å². The highest BCUT2D eigenvalue weighted by atomic mass is 35.5. The Balaban J connectivity index is 1.83. The monoisotopic (exact) mass is 344 g/mol. The summed E-state index contributed by atoms with van der Waals surface area (Å²) in [6.45, 7) is 4.87. The summed E-state index contributed by atoms with van der Waals surface area (Å²) in [5.41, 5.74) is 0.559. The van der Waals surface area contributed by atoms with Crippen LogP contribution in [0.2, 0.25) is 10.0 Å². The van der Waals surface area contributed by atoms with Gasteiger partial charge in [-0.05, 0) is 49.7 Å². The van der Waals surface area contributed by atoms with E-state index in [0.717, 1.165) is 19.5 Å². The van der Waals surface area contributed by atoms with Crippen LogP contribution in [0.25, 0.3) is 0 Å². The van der Waals surface area contributed by atoms with E-state index in [1.807, 2.05) is 0 Å². The quantitative estimate of drug-likeness (QED) is 0.833. The predicted molar refractivity (Wildman–Crippen MR) is 89.3 cm³/mol. The molecule has 1 fully saturated rings. The number of aliphatic hydroxyl groups excluding tert-OH is 1. The highest BCUT2D eigenvalue weighted by Crippen LogP contribution is 2.25. The number of nitrogens with one attached hydrogen (secondary N) is 1. The number of carbonyl (C=O) groups is 1. The zero-order valence-electron chi connectivity index (χ0n) is 12.7. The molecule has 1 aromatic rings. The Labute approximate surface area is 141 Å². The number of likely N-dealkylation sites (tertiary alicyclic amines) is 1. The molecule has 0 aliphatic carbocycles. The topological polar surface area (TPSA) is 52.6 Å². The maximum absolute atomic E-state index is 12.0. The second kappa shape index (κ2) is 8.16. The van der Waals surface area contributed by atoms with Crippen molar-refractivity contribution < 1.29 is 9.90 Å². The van der Waals surface area contributed by atoms with Gasteiger partial charge in [-0.1, -0.05) is 30.1 Å². The zero-order chi connectivity index (χ0) is 16.1. The summed E-state index contributed by atoms with van der Waals surface area (Å²) in [6, 6.07) is 5.26. The smallest absolute Gasteiger partial charge is 0.223 e. The average molecular weight is 345 g/mol. The first-order valence-electron chi connectivity index (χ1n) is 7.64. The van der Waals surface area contributed by atoms with E-state index in [9.17, 15) is 9.90 Å². The summed E-state index contributed by atoms with van der Waals surface area (Å²) in [4.78, 5) is 14.4. The molecule has 0 bridgehead atoms. The molecule has 1 heterocycles. The van der Waals surface area contributed by atoms with Gasteiger partial charge in [0.25, 0.3) is 0 Å². The second-order valence-corrected chi connectivity index (χ2v) is 6.52. The van der Waals surface area contributed by atoms with Crippen molar-refractivity contribution in [2.45, 2.75) is 38.3 Å². The summed E-state index contributed by atoms with van der Waals surface area (Å²) in [7, 11) is 0. The van der Waals surface area contributed by atoms with Crippen molar-refractivity contribution in [3.8, 4) is 0 Å². The number of halogens is 2. The van der Waals surface area contributed by atoms with Gasteiger partial charge < -0.3 is 10.4 Å². The number of aliphatic hydroxyl groups is 1. The fourth-order valence-corrected chi connectivity index (χ4v) is 3.45. The Morgan fingerprint density at radius 3 is 2.73 bits per heavy atom. The van der Waals surface area contributed by atoms with E-state index in [1.165, 1.54) is 6.42 Å². The third kappa shape index (κ3) is 4.85. The molecule has 2 unspecified atom stereocenters. The number of amides is 1. The molecule has 122 valence electrons. The Kier molecular flexibility index (Phi) is 6.50. The average Bonchev–Trinajstić information content (AvgIpc) is 2.91. The minimum Gasteiger partial charge on any atom is -0.388 e. The van der Waals surface area contributed by atoms with E-state index in [-0.39, 0.29) is 12.3 Å². The van der Waals surface area contributed by atoms with Gasteiger partial charge in [-0.2, -0.15) is 0 Å². The van der Waals surface area contributed by atoms with Crippen molar-refractivity contribution in [2.24, 2.45) is 0 Å². The van der Waals surface area contributed by atoms with E-state index in [2.05, 4.69) is 17.1 Å². The lowest BCUT2D eigenvalue weighted by Crippen LogP contribution is -2.40. The Bertz CT molecular complexity index is 505. The molecule has 0 spiro atoms. The van der Waals surface area contributed by atoms with Crippen molar-refractivity contribution in [3.63, 3.8) is 0 Å². The molecule has 0 aromatic heterocycles. The fourth-order valence-electron chi connectivity index (χ4n) is 2.91. The molecule has 6 heteroatoms. The summed E-state index contributed by atoms with van der Waals surface area (Å²) in [6.07, 6.45) is 1.40. The first-order valence-corrected chi connectivity index (χ1v) is 8.40. The van der Waals surface area contributed by atoms with Gasteiger partial charge >= 0.3 is 0 Å². The van der Waals surface area contributed by atoms with Crippen LogP contribution in [0.1, 0.15) is 37.9 Å². The summed E-state index contributed by atoms with van der Waals surface area (Å²) in [5, 5.41) is 14.0. The molecule has 2 N–H and O–H groups in total. The number of benzene rings is 1. The fraction of sp³-hybridized carbons (Fsp3) is 0.562. The summed E-state index contributed by atoms with van der Waals surface area (Å²) >= 11 is 11.8. The third-order valence-electron chi connectivity index (χ3n) is 4.09. The van der Waals surface area contributed by atoms with Crippen LogP contribution in [-0.4, -0.2) is 41.6 Å². The highest BCUT2D eigenvalue weighted by Gasteiger charge is 2.23. The Hall–Kier alpha value is -0.810. The molecule has 4 nitrogen and oxygen atoms in total. The minimum atomic E-state index is -0.901. The SMILES string of the molecule is CCN1CCCC1CNC(=O)CC(O)c1cc(Cl)cc(Cl)c1. The minimum absolute atomic E-state index is 0.00944. The van der Waals surface area contributed by atoms with Gasteiger partial charge in [0.05, 0.1) is 12.5 Å². The molecule has 2 atom stereocenters. The largest absolute Gasteiger partial charge is 0.388 e. The van der Waals surface area contributed by atoms with Gasteiger partial charge in [0.15, 0.2) is 0 Å². The Morgan fingerprint density at radius 2 is 2.09 bits per heavy atom. The van der Waals surface area contributed by atoms with Gasteiger partial charge in [-0.15, -0.1) is 0 Å². The lowest BCUT2D eigenvalue weighted by atomic mass is 10.1. The van der Waals surface area contributed by atoms with Crippen LogP contribution < -0.4 is 5.32 Å². The number of hydrogen-bond acceptors (Lipinski definition) is 3. The van der Waals surface area contributed by atoms with Crippen LogP contribution in [0.5, 0.6) is 0 Å². The molecule has 0 radical (unpaired) electrons. The number of carbonyl (C=O) groups excluding carboxylic acids is 1. The van der Waals surface area contributed by atoms with Crippen molar-refractivity contribution >= 4 is 29.1 Å². The van der Waals surface area contributed by atoms with E-state index >= 15 is 0 Å². The molecule has 1 saturated heterocycles. The van der Waals surface area contributed by atoms with Crippen molar-refractivity contribution in [1.82, 2.24) is 10.2 Å². The Morgan fingerprint density at radius 1 is 1.41 bits per heavy atom. The molecule has 2 rings (SSSR count). The number of likely N-dealkylation sites (N-methyl/N-ethyl adjacent to an activating group) is 1. The molecular formula is C16H22Cl2N2O2. The molecule has 1 aliphatic heterocycles. The maximum atomic E-state index is 12.0. The van der Waals surface area contributed by atoms with E-state index in [1.54, 1.807) is 18.2 Å². The van der Waals surface area contributed by atoms with Gasteiger partial charge in [-0.3, -0.25) is 9.69 Å². The van der Waals surface area contributed by atoms with Crippen molar-refractivity contribution in [2.75, 3.05) is 19.6 Å². The van der Waals surface area contributed by atoms with Gasteiger partial charge in [0.2, 0.25) is 5.91 Å². The van der Waals surface area contributed by atoms with Crippen LogP contribution >= 0.6 is 23.2 Å². The highest BCUT2D eigenvalue weighted by molar-refractivity contribution is 6.34. The first kappa shape index (κ1) is 17.5. The van der Waals surface area contributed by atoms with Gasteiger partial charge in [-0.25, -0.2) is 0 Å². The molecule has 1 aliphatic rings. The first-order chi connectivity index (χ1) is 10.5. The summed E-state index contributed by atoms with van der Waals surface area (Å²) in [5.74, 6) is -0.161. The molecule has 1 aromatic carbocycles. The van der Waals surface area contributed by atoms with Crippen LogP contribution in [0, 0.1) is 0 Å². The van der Waals surface area contributed by atoms with Crippen LogP contribution in [-0.2, 0) is 4.79 Å². The van der Waals surface area contributed by atoms with E-state index in [0.29, 0.717) is 28.2 Å². The lowest BCUT2D eigenvalue weighted by molar-refractivity contribution is -0.123. The van der Waals surface area contributed by atoms with Crippen LogP contribution in [0.15, 0.2) is 18.2 Å². The number of hydrogen-bond donors (Lipinski definition) is 2. The van der Waals surface area contributed by atoms with Crippen molar-refractivity contribution in [1.29, 1.82) is 0 Å². The number of nitrogens with zero attached hydrogens (tertiary/aromatic N) is 1. The summed E-state index contributed by atoms with van der Waals surface area (Å²) < 4.78 is 0. The van der Waals surface area contributed by atoms with Gasteiger partial charge in [0, 0.05) is 22.6 Å². The van der Waals surface area contributed by atoms with E-state index in [4.69, 9.17) is 23.2 Å². The van der Waals surface area contributed by atoms with Crippen molar-refractivity contribution in [3.05, 3.63) is 33.8 Å².